The van der Waals surface area contributed by atoms with Crippen molar-refractivity contribution in [3.8, 4) is 17.2 Å². The molecule has 2 fully saturated rings. The van der Waals surface area contributed by atoms with Crippen molar-refractivity contribution in [2.45, 2.75) is 31.6 Å². The maximum Gasteiger partial charge on any atom is 0.311 e. The van der Waals surface area contributed by atoms with E-state index in [2.05, 4.69) is 15.1 Å². The highest BCUT2D eigenvalue weighted by molar-refractivity contribution is 5.90. The van der Waals surface area contributed by atoms with Crippen LogP contribution in [0.4, 0.5) is 0 Å². The first kappa shape index (κ1) is 20.7. The van der Waals surface area contributed by atoms with Crippen LogP contribution in [0.15, 0.2) is 59.0 Å². The van der Waals surface area contributed by atoms with Crippen LogP contribution in [0.5, 0.6) is 5.75 Å². The Balaban J connectivity index is 1.11. The van der Waals surface area contributed by atoms with E-state index in [1.54, 1.807) is 4.90 Å². The summed E-state index contributed by atoms with van der Waals surface area (Å²) in [6, 6.07) is 17.4. The number of β-amino-alcohol motifs (C(OH)–C–C–N with tert-alkyl or cyclic N) is 1. The van der Waals surface area contributed by atoms with Crippen LogP contribution in [-0.4, -0.2) is 68.9 Å². The third-order valence-electron chi connectivity index (χ3n) is 5.93. The second-order valence-electron chi connectivity index (χ2n) is 8.83. The molecule has 2 aromatic carbocycles. The van der Waals surface area contributed by atoms with Crippen LogP contribution < -0.4 is 4.74 Å². The van der Waals surface area contributed by atoms with Gasteiger partial charge in [-0.1, -0.05) is 30.3 Å². The Morgan fingerprint density at radius 2 is 1.91 bits per heavy atom. The van der Waals surface area contributed by atoms with Crippen molar-refractivity contribution in [3.63, 3.8) is 0 Å². The zero-order valence-corrected chi connectivity index (χ0v) is 18.0. The smallest absolute Gasteiger partial charge is 0.311 e. The van der Waals surface area contributed by atoms with Gasteiger partial charge in [0.2, 0.25) is 5.89 Å². The molecule has 0 saturated carbocycles. The number of carbonyl (C=O) groups excluding carboxylic acids is 1. The number of ether oxygens (including phenoxy) is 1. The summed E-state index contributed by atoms with van der Waals surface area (Å²) in [7, 11) is 0. The molecule has 8 nitrogen and oxygen atoms in total. The normalized spacial score (nSPS) is 21.5. The molecule has 5 rings (SSSR count). The highest BCUT2D eigenvalue weighted by atomic mass is 16.5. The first-order valence-corrected chi connectivity index (χ1v) is 10.8. The van der Waals surface area contributed by atoms with Crippen molar-refractivity contribution in [2.24, 2.45) is 0 Å². The zero-order chi connectivity index (χ0) is 22.1. The average Bonchev–Trinajstić information content (AvgIpc) is 3.38. The largest absolute Gasteiger partial charge is 0.487 e. The Morgan fingerprint density at radius 3 is 2.59 bits per heavy atom. The van der Waals surface area contributed by atoms with E-state index in [-0.39, 0.29) is 17.9 Å². The van der Waals surface area contributed by atoms with Crippen LogP contribution in [-0.2, 0) is 6.54 Å². The molecule has 0 radical (unpaired) electrons. The molecule has 1 aromatic heterocycles. The summed E-state index contributed by atoms with van der Waals surface area (Å²) in [5.41, 5.74) is 1.38. The molecule has 1 N–H and O–H groups in total. The third-order valence-corrected chi connectivity index (χ3v) is 5.93. The Hall–Kier alpha value is -3.23. The molecule has 166 valence electrons. The molecule has 2 saturated heterocycles. The van der Waals surface area contributed by atoms with Crippen molar-refractivity contribution >= 4 is 5.91 Å². The van der Waals surface area contributed by atoms with Gasteiger partial charge in [0.05, 0.1) is 18.7 Å². The quantitative estimate of drug-likeness (QED) is 0.638. The molecule has 0 spiro atoms. The first-order valence-electron chi connectivity index (χ1n) is 10.8. The van der Waals surface area contributed by atoms with Gasteiger partial charge in [-0.05, 0) is 43.2 Å². The van der Waals surface area contributed by atoms with E-state index in [1.807, 2.05) is 61.5 Å². The van der Waals surface area contributed by atoms with E-state index in [0.717, 1.165) is 30.8 Å². The number of likely N-dealkylation sites (tertiary alicyclic amines) is 2. The lowest BCUT2D eigenvalue weighted by molar-refractivity contribution is 0.0150. The Labute approximate surface area is 186 Å². The van der Waals surface area contributed by atoms with Gasteiger partial charge in [-0.3, -0.25) is 9.69 Å². The molecule has 3 heterocycles. The van der Waals surface area contributed by atoms with E-state index < -0.39 is 5.60 Å². The van der Waals surface area contributed by atoms with Crippen LogP contribution in [0.25, 0.3) is 11.5 Å². The number of aromatic nitrogens is 2. The number of nitrogens with zero attached hydrogens (tertiary/aromatic N) is 4. The molecule has 8 heteroatoms. The minimum absolute atomic E-state index is 0.00690. The maximum atomic E-state index is 12.6. The number of aliphatic hydroxyl groups is 1. The summed E-state index contributed by atoms with van der Waals surface area (Å²) in [5.74, 6) is 0.826. The van der Waals surface area contributed by atoms with Crippen LogP contribution in [0.3, 0.4) is 0 Å². The Bertz CT molecular complexity index is 1070. The van der Waals surface area contributed by atoms with E-state index >= 15 is 0 Å². The summed E-state index contributed by atoms with van der Waals surface area (Å²) in [6.07, 6.45) is 0.748. The summed E-state index contributed by atoms with van der Waals surface area (Å²) in [5, 5.41) is 18.0. The molecule has 1 amide bonds. The van der Waals surface area contributed by atoms with Gasteiger partial charge >= 0.3 is 11.8 Å². The molecule has 1 unspecified atom stereocenters. The minimum atomic E-state index is -0.582. The van der Waals surface area contributed by atoms with Crippen LogP contribution in [0.1, 0.15) is 29.6 Å². The van der Waals surface area contributed by atoms with Gasteiger partial charge < -0.3 is 19.2 Å². The van der Waals surface area contributed by atoms with Gasteiger partial charge in [-0.2, -0.15) is 0 Å². The van der Waals surface area contributed by atoms with Crippen molar-refractivity contribution in [2.75, 3.05) is 26.2 Å². The summed E-state index contributed by atoms with van der Waals surface area (Å²) in [4.78, 5) is 16.5. The number of rotatable bonds is 6. The lowest BCUT2D eigenvalue weighted by Crippen LogP contribution is -2.56. The molecular weight excluding hydrogens is 408 g/mol. The third kappa shape index (κ3) is 4.51. The van der Waals surface area contributed by atoms with E-state index in [0.29, 0.717) is 25.5 Å². The van der Waals surface area contributed by atoms with Gasteiger partial charge in [-0.15, -0.1) is 10.2 Å². The van der Waals surface area contributed by atoms with E-state index in [9.17, 15) is 9.90 Å². The average molecular weight is 434 g/mol. The van der Waals surface area contributed by atoms with E-state index in [4.69, 9.17) is 9.15 Å². The zero-order valence-electron chi connectivity index (χ0n) is 18.0. The highest BCUT2D eigenvalue weighted by Crippen LogP contribution is 2.25. The number of amides is 1. The fourth-order valence-electron chi connectivity index (χ4n) is 4.12. The van der Waals surface area contributed by atoms with Gasteiger partial charge in [0.15, 0.2) is 0 Å². The lowest BCUT2D eigenvalue weighted by Gasteiger charge is -2.38. The van der Waals surface area contributed by atoms with E-state index in [1.165, 1.54) is 5.56 Å². The maximum absolute atomic E-state index is 12.6. The molecular formula is C24H26N4O4. The summed E-state index contributed by atoms with van der Waals surface area (Å²) >= 11 is 0. The monoisotopic (exact) mass is 434 g/mol. The number of benzene rings is 2. The number of hydrogen-bond acceptors (Lipinski definition) is 7. The number of hydrogen-bond donors (Lipinski definition) is 1. The molecule has 0 aliphatic carbocycles. The van der Waals surface area contributed by atoms with Crippen molar-refractivity contribution in [1.29, 1.82) is 0 Å². The van der Waals surface area contributed by atoms with Gasteiger partial charge in [0.25, 0.3) is 0 Å². The fourth-order valence-corrected chi connectivity index (χ4v) is 4.12. The van der Waals surface area contributed by atoms with Gasteiger partial charge in [-0.25, -0.2) is 0 Å². The van der Waals surface area contributed by atoms with Gasteiger partial charge in [0, 0.05) is 25.2 Å². The van der Waals surface area contributed by atoms with Crippen molar-refractivity contribution < 1.29 is 19.1 Å². The standard InChI is InChI=1S/C24H26N4O4/c1-24(30)11-12-27(16-24)13-17-7-9-19(10-8-17)31-20-14-28(15-20)23(29)22-26-25-21(32-22)18-5-3-2-4-6-18/h2-10,20,30H,11-16H2,1H3. The van der Waals surface area contributed by atoms with Crippen molar-refractivity contribution in [3.05, 3.63) is 66.1 Å². The predicted molar refractivity (Wildman–Crippen MR) is 117 cm³/mol. The SMILES string of the molecule is CC1(O)CCN(Cc2ccc(OC3CN(C(=O)c4nnc(-c5ccccc5)o4)C3)cc2)C1. The molecule has 2 aliphatic rings. The second-order valence-corrected chi connectivity index (χ2v) is 8.83. The molecule has 1 atom stereocenters. The minimum Gasteiger partial charge on any atom is -0.487 e. The Kier molecular flexibility index (Phi) is 5.40. The highest BCUT2D eigenvalue weighted by Gasteiger charge is 2.35. The second kappa shape index (κ2) is 8.37. The lowest BCUT2D eigenvalue weighted by atomic mass is 10.1. The molecule has 0 bridgehead atoms. The van der Waals surface area contributed by atoms with Crippen LogP contribution in [0.2, 0.25) is 0 Å². The Morgan fingerprint density at radius 1 is 1.16 bits per heavy atom. The summed E-state index contributed by atoms with van der Waals surface area (Å²) in [6.45, 7) is 5.27. The van der Waals surface area contributed by atoms with Crippen LogP contribution in [0, 0.1) is 0 Å². The first-order chi connectivity index (χ1) is 15.4. The predicted octanol–water partition coefficient (Wildman–Crippen LogP) is 2.60. The molecule has 2 aliphatic heterocycles. The molecule has 3 aromatic rings. The van der Waals surface area contributed by atoms with Crippen molar-refractivity contribution in [1.82, 2.24) is 20.0 Å². The number of carbonyl (C=O) groups is 1. The fraction of sp³-hybridized carbons (Fsp3) is 0.375. The summed E-state index contributed by atoms with van der Waals surface area (Å²) < 4.78 is 11.5. The van der Waals surface area contributed by atoms with Gasteiger partial charge in [0.1, 0.15) is 11.9 Å². The molecule has 32 heavy (non-hydrogen) atoms. The van der Waals surface area contributed by atoms with Crippen LogP contribution >= 0.6 is 0 Å². The topological polar surface area (TPSA) is 91.9 Å².